The number of nitrogens with one attached hydrogen (secondary N) is 2. The lowest BCUT2D eigenvalue weighted by Gasteiger charge is -2.42. The molecule has 1 aliphatic carbocycles. The van der Waals surface area contributed by atoms with Crippen LogP contribution in [0.1, 0.15) is 35.8 Å². The Labute approximate surface area is 166 Å². The van der Waals surface area contributed by atoms with Crippen molar-refractivity contribution in [2.75, 3.05) is 0 Å². The average molecular weight is 403 g/mol. The van der Waals surface area contributed by atoms with Crippen molar-refractivity contribution in [3.63, 3.8) is 0 Å². The summed E-state index contributed by atoms with van der Waals surface area (Å²) in [4.78, 5) is 38.6. The molecule has 1 aliphatic heterocycles. The van der Waals surface area contributed by atoms with Gasteiger partial charge in [0.1, 0.15) is 11.2 Å². The molecule has 2 N–H and O–H groups in total. The lowest BCUT2D eigenvalue weighted by atomic mass is 9.55. The molecule has 0 radical (unpaired) electrons. The Kier molecular flexibility index (Phi) is 4.44. The van der Waals surface area contributed by atoms with Crippen LogP contribution in [-0.2, 0) is 14.4 Å². The van der Waals surface area contributed by atoms with Gasteiger partial charge in [0.05, 0.1) is 0 Å². The van der Waals surface area contributed by atoms with Crippen LogP contribution in [0.15, 0.2) is 48.5 Å². The van der Waals surface area contributed by atoms with Crippen molar-refractivity contribution in [2.24, 2.45) is 5.41 Å². The molecule has 4 rings (SSSR count). The van der Waals surface area contributed by atoms with Crippen molar-refractivity contribution < 1.29 is 14.4 Å². The zero-order valence-corrected chi connectivity index (χ0v) is 15.7. The van der Waals surface area contributed by atoms with E-state index < -0.39 is 29.1 Å². The van der Waals surface area contributed by atoms with E-state index in [1.807, 2.05) is 0 Å². The second-order valence-corrected chi connectivity index (χ2v) is 7.81. The largest absolute Gasteiger partial charge is 0.300 e. The van der Waals surface area contributed by atoms with Crippen LogP contribution < -0.4 is 10.9 Å². The van der Waals surface area contributed by atoms with Gasteiger partial charge >= 0.3 is 0 Å². The molecule has 1 spiro atoms. The van der Waals surface area contributed by atoms with Crippen LogP contribution in [0.4, 0.5) is 0 Å². The number of hydrogen-bond donors (Lipinski definition) is 2. The van der Waals surface area contributed by atoms with Crippen molar-refractivity contribution in [1.82, 2.24) is 10.9 Å². The van der Waals surface area contributed by atoms with Crippen LogP contribution in [0.3, 0.4) is 0 Å². The lowest BCUT2D eigenvalue weighted by molar-refractivity contribution is -0.143. The first-order chi connectivity index (χ1) is 12.9. The van der Waals surface area contributed by atoms with Gasteiger partial charge in [-0.25, -0.2) is 0 Å². The molecule has 5 nitrogen and oxygen atoms in total. The highest BCUT2D eigenvalue weighted by Gasteiger charge is 2.63. The molecule has 7 heteroatoms. The van der Waals surface area contributed by atoms with Gasteiger partial charge in [0.25, 0.3) is 11.8 Å². The summed E-state index contributed by atoms with van der Waals surface area (Å²) >= 11 is 12.0. The highest BCUT2D eigenvalue weighted by atomic mass is 35.5. The first kappa shape index (κ1) is 18.0. The smallest absolute Gasteiger partial charge is 0.255 e. The summed E-state index contributed by atoms with van der Waals surface area (Å²) in [5.41, 5.74) is 4.99. The van der Waals surface area contributed by atoms with Gasteiger partial charge in [-0.1, -0.05) is 47.5 Å². The number of hydrazine groups is 1. The van der Waals surface area contributed by atoms with Crippen LogP contribution in [0.2, 0.25) is 10.0 Å². The first-order valence-electron chi connectivity index (χ1n) is 8.56. The van der Waals surface area contributed by atoms with E-state index in [-0.39, 0.29) is 18.6 Å². The van der Waals surface area contributed by atoms with Gasteiger partial charge in [-0.05, 0) is 35.4 Å². The van der Waals surface area contributed by atoms with Crippen LogP contribution in [-0.4, -0.2) is 17.6 Å². The van der Waals surface area contributed by atoms with E-state index in [1.54, 1.807) is 48.5 Å². The minimum absolute atomic E-state index is 0.00743. The number of carbonyl (C=O) groups is 3. The highest BCUT2D eigenvalue weighted by Crippen LogP contribution is 2.55. The van der Waals surface area contributed by atoms with Crippen molar-refractivity contribution >= 4 is 40.8 Å². The predicted molar refractivity (Wildman–Crippen MR) is 101 cm³/mol. The molecular weight excluding hydrogens is 387 g/mol. The molecule has 2 aromatic rings. The lowest BCUT2D eigenvalue weighted by Crippen LogP contribution is -2.50. The zero-order chi connectivity index (χ0) is 19.2. The van der Waals surface area contributed by atoms with E-state index >= 15 is 0 Å². The van der Waals surface area contributed by atoms with Crippen LogP contribution in [0.25, 0.3) is 0 Å². The van der Waals surface area contributed by atoms with Crippen LogP contribution in [0, 0.1) is 5.41 Å². The fraction of sp³-hybridized carbons (Fsp3) is 0.250. The average Bonchev–Trinajstić information content (AvgIpc) is 2.94. The number of hydrogen-bond acceptors (Lipinski definition) is 3. The maximum absolute atomic E-state index is 13.0. The zero-order valence-electron chi connectivity index (χ0n) is 14.2. The van der Waals surface area contributed by atoms with E-state index in [0.29, 0.717) is 10.0 Å². The van der Waals surface area contributed by atoms with Gasteiger partial charge in [0.15, 0.2) is 0 Å². The molecule has 0 bridgehead atoms. The SMILES string of the molecule is O=C1CC(c2ccc(Cl)cc2)C2(C(=O)NNC2=O)C(c2ccc(Cl)cc2)C1. The molecule has 2 aromatic carbocycles. The quantitative estimate of drug-likeness (QED) is 0.756. The van der Waals surface area contributed by atoms with E-state index in [4.69, 9.17) is 23.2 Å². The summed E-state index contributed by atoms with van der Waals surface area (Å²) in [6.07, 6.45) is 0.235. The van der Waals surface area contributed by atoms with E-state index in [0.717, 1.165) is 11.1 Å². The molecule has 2 atom stereocenters. The minimum Gasteiger partial charge on any atom is -0.300 e. The number of carbonyl (C=O) groups excluding carboxylic acids is 3. The van der Waals surface area contributed by atoms with Crippen molar-refractivity contribution in [1.29, 1.82) is 0 Å². The van der Waals surface area contributed by atoms with Gasteiger partial charge in [-0.15, -0.1) is 0 Å². The number of rotatable bonds is 2. The van der Waals surface area contributed by atoms with E-state index in [9.17, 15) is 14.4 Å². The van der Waals surface area contributed by atoms with Crippen molar-refractivity contribution in [2.45, 2.75) is 24.7 Å². The van der Waals surface area contributed by atoms with Crippen molar-refractivity contribution in [3.8, 4) is 0 Å². The Bertz CT molecular complexity index is 850. The molecule has 0 aromatic heterocycles. The van der Waals surface area contributed by atoms with E-state index in [1.165, 1.54) is 0 Å². The second-order valence-electron chi connectivity index (χ2n) is 6.93. The molecule has 1 saturated heterocycles. The molecule has 138 valence electrons. The van der Waals surface area contributed by atoms with Gasteiger partial charge in [-0.2, -0.15) is 0 Å². The fourth-order valence-electron chi connectivity index (χ4n) is 4.31. The molecule has 2 fully saturated rings. The van der Waals surface area contributed by atoms with Crippen molar-refractivity contribution in [3.05, 3.63) is 69.7 Å². The molecule has 2 amide bonds. The van der Waals surface area contributed by atoms with Gasteiger partial charge in [0.2, 0.25) is 0 Å². The van der Waals surface area contributed by atoms with Gasteiger partial charge < -0.3 is 0 Å². The third-order valence-corrected chi connectivity index (χ3v) is 6.05. The van der Waals surface area contributed by atoms with Crippen LogP contribution >= 0.6 is 23.2 Å². The molecule has 2 unspecified atom stereocenters. The summed E-state index contributed by atoms with van der Waals surface area (Å²) in [5, 5.41) is 1.09. The monoisotopic (exact) mass is 402 g/mol. The summed E-state index contributed by atoms with van der Waals surface area (Å²) in [7, 11) is 0. The predicted octanol–water partition coefficient (Wildman–Crippen LogP) is 3.37. The van der Waals surface area contributed by atoms with Gasteiger partial charge in [0, 0.05) is 34.7 Å². The summed E-state index contributed by atoms with van der Waals surface area (Å²) in [5.74, 6) is -1.99. The Balaban J connectivity index is 1.91. The molecule has 1 heterocycles. The normalized spacial score (nSPS) is 24.0. The maximum Gasteiger partial charge on any atom is 0.255 e. The molecule has 2 aliphatic rings. The van der Waals surface area contributed by atoms with E-state index in [2.05, 4.69) is 10.9 Å². The summed E-state index contributed by atoms with van der Waals surface area (Å²) < 4.78 is 0. The molecule has 1 saturated carbocycles. The van der Waals surface area contributed by atoms with Gasteiger partial charge in [-0.3, -0.25) is 25.2 Å². The topological polar surface area (TPSA) is 75.3 Å². The highest BCUT2D eigenvalue weighted by molar-refractivity contribution is 6.30. The number of benzene rings is 2. The second kappa shape index (κ2) is 6.66. The third kappa shape index (κ3) is 2.82. The standard InChI is InChI=1S/C20H16Cl2N2O3/c21-13-5-1-11(2-6-13)16-9-15(25)10-17(12-3-7-14(22)8-4-12)20(16)18(26)23-24-19(20)27/h1-8,16-17H,9-10H2,(H,23,26)(H,24,27). The first-order valence-corrected chi connectivity index (χ1v) is 9.32. The number of halogens is 2. The Morgan fingerprint density at radius 1 is 0.704 bits per heavy atom. The molecular formula is C20H16Cl2N2O3. The summed E-state index contributed by atoms with van der Waals surface area (Å²) in [6, 6.07) is 13.9. The molecule has 27 heavy (non-hydrogen) atoms. The number of Topliss-reactive ketones (excluding diaryl/α,β-unsaturated/α-hetero) is 1. The summed E-state index contributed by atoms with van der Waals surface area (Å²) in [6.45, 7) is 0. The number of ketones is 1. The third-order valence-electron chi connectivity index (χ3n) is 5.55. The Morgan fingerprint density at radius 2 is 1.07 bits per heavy atom. The van der Waals surface area contributed by atoms with Crippen LogP contribution in [0.5, 0.6) is 0 Å². The Hall–Kier alpha value is -2.37. The fourth-order valence-corrected chi connectivity index (χ4v) is 4.56. The Morgan fingerprint density at radius 3 is 1.44 bits per heavy atom. The minimum atomic E-state index is -1.41. The maximum atomic E-state index is 13.0. The number of amides is 2.